The van der Waals surface area contributed by atoms with Gasteiger partial charge in [0.1, 0.15) is 11.3 Å². The first-order valence-corrected chi connectivity index (χ1v) is 9.54. The van der Waals surface area contributed by atoms with Gasteiger partial charge in [0.15, 0.2) is 0 Å². The van der Waals surface area contributed by atoms with E-state index in [4.69, 9.17) is 20.8 Å². The van der Waals surface area contributed by atoms with Crippen LogP contribution in [0.3, 0.4) is 0 Å². The molecule has 4 rings (SSSR count). The quantitative estimate of drug-likeness (QED) is 0.588. The van der Waals surface area contributed by atoms with Gasteiger partial charge in [0.25, 0.3) is 0 Å². The van der Waals surface area contributed by atoms with Crippen LogP contribution >= 0.6 is 11.6 Å². The third-order valence-corrected chi connectivity index (χ3v) is 5.73. The van der Waals surface area contributed by atoms with E-state index in [-0.39, 0.29) is 5.63 Å². The zero-order valence-corrected chi connectivity index (χ0v) is 16.3. The van der Waals surface area contributed by atoms with E-state index in [1.807, 2.05) is 31.2 Å². The summed E-state index contributed by atoms with van der Waals surface area (Å²) < 4.78 is 10.8. The molecular formula is C22H22ClNO3. The van der Waals surface area contributed by atoms with Crippen molar-refractivity contribution in [1.29, 1.82) is 0 Å². The molecule has 2 aromatic carbocycles. The number of aryl methyl sites for hydroxylation is 1. The van der Waals surface area contributed by atoms with Crippen LogP contribution in [0, 0.1) is 6.92 Å². The van der Waals surface area contributed by atoms with Crippen molar-refractivity contribution in [2.75, 3.05) is 13.7 Å². The maximum atomic E-state index is 12.1. The highest BCUT2D eigenvalue weighted by molar-refractivity contribution is 6.32. The summed E-state index contributed by atoms with van der Waals surface area (Å²) in [5.74, 6) is 0.868. The number of likely N-dealkylation sites (tertiary alicyclic amines) is 1. The van der Waals surface area contributed by atoms with Gasteiger partial charge in [-0.2, -0.15) is 0 Å². The Labute approximate surface area is 163 Å². The van der Waals surface area contributed by atoms with Gasteiger partial charge in [-0.05, 0) is 67.3 Å². The first-order valence-electron chi connectivity index (χ1n) is 9.16. The van der Waals surface area contributed by atoms with Crippen molar-refractivity contribution in [2.45, 2.75) is 32.4 Å². The number of halogens is 1. The molecule has 2 heterocycles. The molecule has 4 nitrogen and oxygen atoms in total. The number of hydrogen-bond acceptors (Lipinski definition) is 4. The fourth-order valence-corrected chi connectivity index (χ4v) is 4.10. The Balaban J connectivity index is 1.70. The third kappa shape index (κ3) is 3.60. The third-order valence-electron chi connectivity index (χ3n) is 5.33. The molecule has 0 unspecified atom stereocenters. The number of benzene rings is 2. The van der Waals surface area contributed by atoms with Crippen LogP contribution < -0.4 is 10.4 Å². The number of hydrogen-bond donors (Lipinski definition) is 0. The molecule has 27 heavy (non-hydrogen) atoms. The Kier molecular flexibility index (Phi) is 4.94. The Bertz CT molecular complexity index is 1040. The van der Waals surface area contributed by atoms with Crippen LogP contribution in [0.2, 0.25) is 5.02 Å². The minimum atomic E-state index is -0.323. The summed E-state index contributed by atoms with van der Waals surface area (Å²) in [5, 5.41) is 1.59. The Hall–Kier alpha value is -2.30. The first kappa shape index (κ1) is 18.1. The number of rotatable bonds is 4. The summed E-state index contributed by atoms with van der Waals surface area (Å²) in [5.41, 5.74) is 3.37. The molecule has 0 saturated carbocycles. The van der Waals surface area contributed by atoms with E-state index in [0.29, 0.717) is 23.2 Å². The molecule has 0 bridgehead atoms. The van der Waals surface area contributed by atoms with Gasteiger partial charge in [0.05, 0.1) is 7.11 Å². The van der Waals surface area contributed by atoms with E-state index in [0.717, 1.165) is 41.6 Å². The predicted octanol–water partition coefficient (Wildman–Crippen LogP) is 5.10. The van der Waals surface area contributed by atoms with Gasteiger partial charge in [-0.15, -0.1) is 0 Å². The monoisotopic (exact) mass is 383 g/mol. The van der Waals surface area contributed by atoms with Gasteiger partial charge in [-0.1, -0.05) is 23.7 Å². The minimum absolute atomic E-state index is 0.309. The van der Waals surface area contributed by atoms with Crippen LogP contribution in [0.25, 0.3) is 11.0 Å². The topological polar surface area (TPSA) is 42.7 Å². The number of ether oxygens (including phenoxy) is 1. The molecule has 0 radical (unpaired) electrons. The zero-order chi connectivity index (χ0) is 19.0. The highest BCUT2D eigenvalue weighted by atomic mass is 35.5. The molecule has 1 aliphatic rings. The van der Waals surface area contributed by atoms with Crippen LogP contribution in [-0.4, -0.2) is 18.6 Å². The predicted molar refractivity (Wildman–Crippen MR) is 108 cm³/mol. The lowest BCUT2D eigenvalue weighted by Gasteiger charge is -2.25. The molecule has 0 aliphatic carbocycles. The fraction of sp³-hybridized carbons (Fsp3) is 0.318. The molecule has 1 saturated heterocycles. The molecule has 0 spiro atoms. The van der Waals surface area contributed by atoms with E-state index in [2.05, 4.69) is 17.0 Å². The second kappa shape index (κ2) is 7.37. The van der Waals surface area contributed by atoms with Crippen molar-refractivity contribution in [3.8, 4) is 5.75 Å². The maximum Gasteiger partial charge on any atom is 0.336 e. The summed E-state index contributed by atoms with van der Waals surface area (Å²) in [6.45, 7) is 3.58. The number of nitrogens with zero attached hydrogens (tertiary/aromatic N) is 1. The van der Waals surface area contributed by atoms with Gasteiger partial charge in [-0.25, -0.2) is 4.79 Å². The fourth-order valence-electron chi connectivity index (χ4n) is 3.94. The molecule has 0 amide bonds. The Morgan fingerprint density at radius 3 is 2.93 bits per heavy atom. The second-order valence-electron chi connectivity index (χ2n) is 7.09. The van der Waals surface area contributed by atoms with Crippen molar-refractivity contribution < 1.29 is 9.15 Å². The minimum Gasteiger partial charge on any atom is -0.497 e. The summed E-state index contributed by atoms with van der Waals surface area (Å²) in [6, 6.07) is 13.9. The van der Waals surface area contributed by atoms with Gasteiger partial charge in [0.2, 0.25) is 0 Å². The van der Waals surface area contributed by atoms with Crippen LogP contribution in [-0.2, 0) is 6.54 Å². The highest BCUT2D eigenvalue weighted by Gasteiger charge is 2.27. The molecule has 1 fully saturated rings. The standard InChI is InChI=1S/C22H22ClNO3/c1-14-9-21-18(12-19(14)23)16(11-22(25)27-21)13-24-8-4-7-20(24)15-5-3-6-17(10-15)26-2/h3,5-6,9-12,20H,4,7-8,13H2,1-2H3/t20-/m1/s1. The van der Waals surface area contributed by atoms with Crippen molar-refractivity contribution in [3.63, 3.8) is 0 Å². The van der Waals surface area contributed by atoms with E-state index < -0.39 is 0 Å². The molecular weight excluding hydrogens is 362 g/mol. The highest BCUT2D eigenvalue weighted by Crippen LogP contribution is 2.35. The molecule has 3 aromatic rings. The van der Waals surface area contributed by atoms with E-state index in [1.165, 1.54) is 5.56 Å². The van der Waals surface area contributed by atoms with Crippen LogP contribution in [0.4, 0.5) is 0 Å². The summed E-state index contributed by atoms with van der Waals surface area (Å²) in [4.78, 5) is 14.5. The first-order chi connectivity index (χ1) is 13.0. The van der Waals surface area contributed by atoms with Crippen molar-refractivity contribution >= 4 is 22.6 Å². The van der Waals surface area contributed by atoms with Crippen LogP contribution in [0.1, 0.15) is 35.6 Å². The van der Waals surface area contributed by atoms with Gasteiger partial charge < -0.3 is 9.15 Å². The van der Waals surface area contributed by atoms with E-state index in [9.17, 15) is 4.79 Å². The largest absolute Gasteiger partial charge is 0.497 e. The molecule has 0 N–H and O–H groups in total. The Morgan fingerprint density at radius 1 is 1.26 bits per heavy atom. The SMILES string of the molecule is COc1cccc([C@H]2CCCN2Cc2cc(=O)oc3cc(C)c(Cl)cc23)c1. The van der Waals surface area contributed by atoms with Gasteiger partial charge in [-0.3, -0.25) is 4.90 Å². The van der Waals surface area contributed by atoms with Crippen molar-refractivity contribution in [3.05, 3.63) is 74.6 Å². The normalized spacial score (nSPS) is 17.5. The van der Waals surface area contributed by atoms with Crippen LogP contribution in [0.5, 0.6) is 5.75 Å². The Morgan fingerprint density at radius 2 is 2.11 bits per heavy atom. The van der Waals surface area contributed by atoms with Crippen molar-refractivity contribution in [1.82, 2.24) is 4.90 Å². The molecule has 1 aromatic heterocycles. The van der Waals surface area contributed by atoms with Gasteiger partial charge >= 0.3 is 5.63 Å². The molecule has 1 atom stereocenters. The maximum absolute atomic E-state index is 12.1. The van der Waals surface area contributed by atoms with Crippen molar-refractivity contribution in [2.24, 2.45) is 0 Å². The molecule has 5 heteroatoms. The zero-order valence-electron chi connectivity index (χ0n) is 15.5. The molecule has 1 aliphatic heterocycles. The van der Waals surface area contributed by atoms with E-state index in [1.54, 1.807) is 13.2 Å². The summed E-state index contributed by atoms with van der Waals surface area (Å²) in [6.07, 6.45) is 2.22. The molecule has 140 valence electrons. The van der Waals surface area contributed by atoms with Crippen LogP contribution in [0.15, 0.2) is 51.7 Å². The van der Waals surface area contributed by atoms with E-state index >= 15 is 0 Å². The average Bonchev–Trinajstić information content (AvgIpc) is 3.11. The second-order valence-corrected chi connectivity index (χ2v) is 7.50. The smallest absolute Gasteiger partial charge is 0.336 e. The number of fused-ring (bicyclic) bond motifs is 1. The lowest BCUT2D eigenvalue weighted by Crippen LogP contribution is -2.23. The lowest BCUT2D eigenvalue weighted by atomic mass is 10.0. The lowest BCUT2D eigenvalue weighted by molar-refractivity contribution is 0.248. The summed E-state index contributed by atoms with van der Waals surface area (Å²) >= 11 is 6.33. The summed E-state index contributed by atoms with van der Waals surface area (Å²) in [7, 11) is 1.69. The average molecular weight is 384 g/mol. The van der Waals surface area contributed by atoms with Gasteiger partial charge in [0, 0.05) is 29.1 Å². The number of methoxy groups -OCH3 is 1.